The Morgan fingerprint density at radius 1 is 1.41 bits per heavy atom. The van der Waals surface area contributed by atoms with Crippen LogP contribution in [0.15, 0.2) is 29.4 Å². The first kappa shape index (κ1) is 20.7. The number of amides is 2. The Kier molecular flexibility index (Phi) is 6.46. The second-order valence-corrected chi connectivity index (χ2v) is 7.12. The molecule has 3 N–H and O–H groups in total. The number of halogens is 2. The number of sulfonamides is 1. The zero-order chi connectivity index (χ0) is 20.2. The zero-order valence-corrected chi connectivity index (χ0v) is 15.6. The number of nitrogens with one attached hydrogen (secondary N) is 2. The van der Waals surface area contributed by atoms with E-state index in [0.717, 1.165) is 13.1 Å². The van der Waals surface area contributed by atoms with E-state index in [9.17, 15) is 22.7 Å². The van der Waals surface area contributed by atoms with Crippen LogP contribution >= 0.6 is 11.6 Å². The van der Waals surface area contributed by atoms with Crippen LogP contribution in [0.5, 0.6) is 5.88 Å². The van der Waals surface area contributed by atoms with Crippen LogP contribution in [-0.4, -0.2) is 47.8 Å². The lowest BCUT2D eigenvalue weighted by Gasteiger charge is -2.16. The van der Waals surface area contributed by atoms with Gasteiger partial charge in [-0.2, -0.15) is 13.4 Å². The summed E-state index contributed by atoms with van der Waals surface area (Å²) in [7, 11) is -3.22. The Bertz CT molecular complexity index is 943. The van der Waals surface area contributed by atoms with Gasteiger partial charge in [-0.1, -0.05) is 17.7 Å². The van der Waals surface area contributed by atoms with Crippen molar-refractivity contribution in [2.75, 3.05) is 12.4 Å². The van der Waals surface area contributed by atoms with Gasteiger partial charge in [-0.15, -0.1) is 0 Å². The van der Waals surface area contributed by atoms with Crippen molar-refractivity contribution in [1.29, 1.82) is 0 Å². The molecule has 0 fully saturated rings. The predicted octanol–water partition coefficient (Wildman–Crippen LogP) is 1.44. The number of anilines is 1. The van der Waals surface area contributed by atoms with Crippen molar-refractivity contribution in [3.05, 3.63) is 35.1 Å². The Balaban J connectivity index is 2.24. The molecule has 0 aliphatic carbocycles. The fourth-order valence-corrected chi connectivity index (χ4v) is 3.22. The minimum Gasteiger partial charge on any atom is -0.481 e. The highest BCUT2D eigenvalue weighted by Crippen LogP contribution is 2.24. The van der Waals surface area contributed by atoms with E-state index in [2.05, 4.69) is 20.3 Å². The first-order valence-corrected chi connectivity index (χ1v) is 9.19. The van der Waals surface area contributed by atoms with Crippen LogP contribution in [0.1, 0.15) is 18.6 Å². The molecule has 2 unspecified atom stereocenters. The molecule has 0 aliphatic heterocycles. The molecule has 2 rings (SSSR count). The van der Waals surface area contributed by atoms with Crippen molar-refractivity contribution in [3.8, 4) is 5.88 Å². The number of nitrogens with zero attached hydrogens (tertiary/aromatic N) is 3. The number of aliphatic hydroxyl groups is 1. The van der Waals surface area contributed by atoms with E-state index >= 15 is 0 Å². The lowest BCUT2D eigenvalue weighted by Crippen LogP contribution is -2.36. The van der Waals surface area contributed by atoms with Crippen LogP contribution in [0.25, 0.3) is 0 Å². The third-order valence-corrected chi connectivity index (χ3v) is 4.64. The van der Waals surface area contributed by atoms with Gasteiger partial charge in [0, 0.05) is 17.8 Å². The van der Waals surface area contributed by atoms with Crippen LogP contribution < -0.4 is 14.8 Å². The van der Waals surface area contributed by atoms with Crippen molar-refractivity contribution in [3.63, 3.8) is 0 Å². The second-order valence-electron chi connectivity index (χ2n) is 5.14. The Labute approximate surface area is 158 Å². The molecule has 13 heteroatoms. The van der Waals surface area contributed by atoms with Gasteiger partial charge in [0.15, 0.2) is 5.03 Å². The number of rotatable bonds is 6. The molecule has 2 aromatic heterocycles. The molecule has 0 aliphatic rings. The maximum Gasteiger partial charge on any atom is 0.335 e. The lowest BCUT2D eigenvalue weighted by atomic mass is 10.1. The average molecular weight is 420 g/mol. The minimum absolute atomic E-state index is 0.0419. The summed E-state index contributed by atoms with van der Waals surface area (Å²) >= 11 is 5.73. The molecule has 27 heavy (non-hydrogen) atoms. The fraction of sp³-hybridized carbons (Fsp3) is 0.286. The summed E-state index contributed by atoms with van der Waals surface area (Å²) in [6, 6.07) is 2.57. The van der Waals surface area contributed by atoms with Gasteiger partial charge in [-0.3, -0.25) is 5.32 Å². The number of aliphatic hydroxyl groups excluding tert-OH is 1. The Morgan fingerprint density at radius 2 is 2.11 bits per heavy atom. The molecular formula is C14H15ClFN5O5S. The molecule has 0 spiro atoms. The molecule has 0 bridgehead atoms. The lowest BCUT2D eigenvalue weighted by molar-refractivity contribution is 0.0853. The number of aromatic nitrogens is 3. The summed E-state index contributed by atoms with van der Waals surface area (Å²) in [5, 5.41) is 11.2. The number of ether oxygens (including phenoxy) is 1. The Morgan fingerprint density at radius 3 is 2.74 bits per heavy atom. The summed E-state index contributed by atoms with van der Waals surface area (Å²) in [5.74, 6) is -0.272. The number of carbonyl (C=O) groups excluding carboxylic acids is 1. The molecular weight excluding hydrogens is 405 g/mol. The van der Waals surface area contributed by atoms with Gasteiger partial charge in [0.05, 0.1) is 7.11 Å². The van der Waals surface area contributed by atoms with Crippen LogP contribution in [-0.2, 0) is 10.0 Å². The van der Waals surface area contributed by atoms with Crippen molar-refractivity contribution in [1.82, 2.24) is 19.7 Å². The maximum absolute atomic E-state index is 13.4. The summed E-state index contributed by atoms with van der Waals surface area (Å²) in [6.07, 6.45) is -2.38. The molecule has 0 saturated carbocycles. The largest absolute Gasteiger partial charge is 0.481 e. The Hall–Kier alpha value is -2.57. The zero-order valence-electron chi connectivity index (χ0n) is 14.1. The van der Waals surface area contributed by atoms with Gasteiger partial charge in [0.2, 0.25) is 11.8 Å². The van der Waals surface area contributed by atoms with E-state index in [1.54, 1.807) is 4.72 Å². The van der Waals surface area contributed by atoms with E-state index in [4.69, 9.17) is 16.3 Å². The quantitative estimate of drug-likeness (QED) is 0.596. The van der Waals surface area contributed by atoms with Crippen LogP contribution in [0.2, 0.25) is 5.15 Å². The number of pyridine rings is 1. The SMILES string of the molecule is COc1cc(Cl)nc(NC(=O)NS(=O)(=O)c2ncccc2C(O)C(C)F)n1. The van der Waals surface area contributed by atoms with Crippen molar-refractivity contribution >= 4 is 33.6 Å². The summed E-state index contributed by atoms with van der Waals surface area (Å²) in [4.78, 5) is 23.1. The molecule has 0 aromatic carbocycles. The highest BCUT2D eigenvalue weighted by molar-refractivity contribution is 7.90. The average Bonchev–Trinajstić information content (AvgIpc) is 2.59. The van der Waals surface area contributed by atoms with E-state index in [1.807, 2.05) is 0 Å². The third kappa shape index (κ3) is 5.21. The maximum atomic E-state index is 13.4. The van der Waals surface area contributed by atoms with Crippen LogP contribution in [0.3, 0.4) is 0 Å². The van der Waals surface area contributed by atoms with Gasteiger partial charge >= 0.3 is 6.03 Å². The molecule has 0 radical (unpaired) electrons. The molecule has 146 valence electrons. The first-order chi connectivity index (χ1) is 12.6. The second kappa shape index (κ2) is 8.41. The number of hydrogen-bond donors (Lipinski definition) is 3. The minimum atomic E-state index is -4.53. The molecule has 2 heterocycles. The molecule has 2 atom stereocenters. The summed E-state index contributed by atoms with van der Waals surface area (Å²) < 4.78 is 44.7. The van der Waals surface area contributed by atoms with E-state index in [-0.39, 0.29) is 22.5 Å². The third-order valence-electron chi connectivity index (χ3n) is 3.14. The molecule has 2 amide bonds. The summed E-state index contributed by atoms with van der Waals surface area (Å²) in [5.41, 5.74) is -0.298. The number of urea groups is 1. The highest BCUT2D eigenvalue weighted by Gasteiger charge is 2.28. The number of methoxy groups -OCH3 is 1. The molecule has 2 aromatic rings. The van der Waals surface area contributed by atoms with Crippen molar-refractivity contribution in [2.45, 2.75) is 24.2 Å². The predicted molar refractivity (Wildman–Crippen MR) is 92.7 cm³/mol. The van der Waals surface area contributed by atoms with E-state index < -0.39 is 33.4 Å². The van der Waals surface area contributed by atoms with Crippen molar-refractivity contribution in [2.24, 2.45) is 0 Å². The van der Waals surface area contributed by atoms with Gasteiger partial charge in [-0.25, -0.2) is 23.9 Å². The van der Waals surface area contributed by atoms with Crippen LogP contribution in [0.4, 0.5) is 15.1 Å². The molecule has 0 saturated heterocycles. The monoisotopic (exact) mass is 419 g/mol. The van der Waals surface area contributed by atoms with Gasteiger partial charge < -0.3 is 9.84 Å². The van der Waals surface area contributed by atoms with E-state index in [1.165, 1.54) is 25.3 Å². The smallest absolute Gasteiger partial charge is 0.335 e. The number of carbonyl (C=O) groups is 1. The van der Waals surface area contributed by atoms with Gasteiger partial charge in [0.1, 0.15) is 17.4 Å². The topological polar surface area (TPSA) is 143 Å². The fourth-order valence-electron chi connectivity index (χ4n) is 1.96. The number of hydrogen-bond acceptors (Lipinski definition) is 8. The first-order valence-electron chi connectivity index (χ1n) is 7.33. The van der Waals surface area contributed by atoms with Crippen molar-refractivity contribution < 1.29 is 27.4 Å². The normalized spacial score (nSPS) is 13.5. The standard InChI is InChI=1S/C14H15ClFN5O5S/c1-7(16)11(22)8-4-3-5-17-12(8)27(24,25)21-14(23)20-13-18-9(15)6-10(19-13)26-2/h3-7,11,22H,1-2H3,(H2,18,19,20,21,23). The van der Waals surface area contributed by atoms with E-state index in [0.29, 0.717) is 0 Å². The van der Waals surface area contributed by atoms with Gasteiger partial charge in [0.25, 0.3) is 10.0 Å². The van der Waals surface area contributed by atoms with Crippen LogP contribution in [0, 0.1) is 0 Å². The summed E-state index contributed by atoms with van der Waals surface area (Å²) in [6.45, 7) is 1.05. The van der Waals surface area contributed by atoms with Gasteiger partial charge in [-0.05, 0) is 13.0 Å². The number of alkyl halides is 1. The highest BCUT2D eigenvalue weighted by atomic mass is 35.5. The molecule has 10 nitrogen and oxygen atoms in total.